The lowest BCUT2D eigenvalue weighted by Gasteiger charge is -2.29. The van der Waals surface area contributed by atoms with E-state index in [1.807, 2.05) is 13.8 Å². The summed E-state index contributed by atoms with van der Waals surface area (Å²) >= 11 is 0. The summed E-state index contributed by atoms with van der Waals surface area (Å²) in [5.74, 6) is -0.369. The molecule has 0 aliphatic carbocycles. The van der Waals surface area contributed by atoms with Gasteiger partial charge >= 0.3 is 6.18 Å². The SMILES string of the molecule is CC1=C(C)CN(S(=O)(=O)CC2CCC(C(F)(F)F)O2)CC1. The van der Waals surface area contributed by atoms with E-state index in [0.717, 1.165) is 5.57 Å². The van der Waals surface area contributed by atoms with Crippen LogP contribution in [0, 0.1) is 0 Å². The van der Waals surface area contributed by atoms with E-state index in [1.54, 1.807) is 0 Å². The summed E-state index contributed by atoms with van der Waals surface area (Å²) in [5.41, 5.74) is 2.18. The Hall–Kier alpha value is -0.600. The highest BCUT2D eigenvalue weighted by Gasteiger charge is 2.46. The molecular formula is C13H20F3NO3S. The van der Waals surface area contributed by atoms with Crippen molar-refractivity contribution >= 4 is 10.0 Å². The highest BCUT2D eigenvalue weighted by Crippen LogP contribution is 2.34. The molecule has 2 aliphatic heterocycles. The van der Waals surface area contributed by atoms with Crippen molar-refractivity contribution in [2.75, 3.05) is 18.8 Å². The summed E-state index contributed by atoms with van der Waals surface area (Å²) in [6.07, 6.45) is -6.48. The third-order valence-corrected chi connectivity index (χ3v) is 6.03. The second-order valence-corrected chi connectivity index (χ2v) is 7.80. The van der Waals surface area contributed by atoms with Gasteiger partial charge in [-0.2, -0.15) is 17.5 Å². The number of ether oxygens (including phenoxy) is 1. The molecule has 0 aromatic heterocycles. The molecule has 2 aliphatic rings. The Morgan fingerprint density at radius 2 is 1.90 bits per heavy atom. The van der Waals surface area contributed by atoms with Crippen molar-refractivity contribution in [2.24, 2.45) is 0 Å². The molecule has 2 heterocycles. The third kappa shape index (κ3) is 3.98. The first kappa shape index (κ1) is 16.8. The zero-order chi connectivity index (χ0) is 15.8. The number of rotatable bonds is 3. The fourth-order valence-corrected chi connectivity index (χ4v) is 4.32. The minimum Gasteiger partial charge on any atom is -0.364 e. The lowest BCUT2D eigenvalue weighted by atomic mass is 10.1. The fourth-order valence-electron chi connectivity index (χ4n) is 2.63. The van der Waals surface area contributed by atoms with Crippen LogP contribution in [0.1, 0.15) is 33.1 Å². The van der Waals surface area contributed by atoms with Gasteiger partial charge in [0.2, 0.25) is 10.0 Å². The smallest absolute Gasteiger partial charge is 0.364 e. The molecule has 4 nitrogen and oxygen atoms in total. The number of hydrogen-bond acceptors (Lipinski definition) is 3. The first-order valence-electron chi connectivity index (χ1n) is 6.95. The molecule has 122 valence electrons. The topological polar surface area (TPSA) is 46.6 Å². The van der Waals surface area contributed by atoms with E-state index < -0.39 is 28.4 Å². The molecule has 0 aromatic carbocycles. The number of hydrogen-bond donors (Lipinski definition) is 0. The van der Waals surface area contributed by atoms with Crippen LogP contribution >= 0.6 is 0 Å². The van der Waals surface area contributed by atoms with Gasteiger partial charge in [0.15, 0.2) is 6.10 Å². The normalized spacial score (nSPS) is 29.2. The quantitative estimate of drug-likeness (QED) is 0.748. The summed E-state index contributed by atoms with van der Waals surface area (Å²) in [6, 6.07) is 0. The van der Waals surface area contributed by atoms with E-state index >= 15 is 0 Å². The third-order valence-electron chi connectivity index (χ3n) is 4.14. The van der Waals surface area contributed by atoms with Crippen molar-refractivity contribution in [1.29, 1.82) is 0 Å². The molecule has 0 spiro atoms. The van der Waals surface area contributed by atoms with Crippen LogP contribution in [0.25, 0.3) is 0 Å². The Morgan fingerprint density at radius 1 is 1.24 bits per heavy atom. The van der Waals surface area contributed by atoms with Crippen LogP contribution in [-0.2, 0) is 14.8 Å². The number of sulfonamides is 1. The van der Waals surface area contributed by atoms with Crippen LogP contribution in [0.4, 0.5) is 13.2 Å². The van der Waals surface area contributed by atoms with Crippen molar-refractivity contribution in [3.8, 4) is 0 Å². The zero-order valence-corrected chi connectivity index (χ0v) is 12.9. The van der Waals surface area contributed by atoms with Crippen LogP contribution in [0.5, 0.6) is 0 Å². The van der Waals surface area contributed by atoms with Gasteiger partial charge in [0.1, 0.15) is 0 Å². The van der Waals surface area contributed by atoms with Crippen molar-refractivity contribution < 1.29 is 26.3 Å². The fraction of sp³-hybridized carbons (Fsp3) is 0.846. The maximum atomic E-state index is 12.5. The number of nitrogens with zero attached hydrogens (tertiary/aromatic N) is 1. The van der Waals surface area contributed by atoms with E-state index in [2.05, 4.69) is 0 Å². The zero-order valence-electron chi connectivity index (χ0n) is 12.1. The van der Waals surface area contributed by atoms with Crippen molar-refractivity contribution in [1.82, 2.24) is 4.31 Å². The molecule has 2 atom stereocenters. The van der Waals surface area contributed by atoms with Crippen LogP contribution in [-0.4, -0.2) is 49.9 Å². The molecule has 0 bridgehead atoms. The van der Waals surface area contributed by atoms with Crippen LogP contribution in [0.15, 0.2) is 11.1 Å². The first-order valence-corrected chi connectivity index (χ1v) is 8.56. The molecule has 0 radical (unpaired) electrons. The molecular weight excluding hydrogens is 307 g/mol. The van der Waals surface area contributed by atoms with Crippen molar-refractivity contribution in [3.63, 3.8) is 0 Å². The molecule has 1 saturated heterocycles. The minimum atomic E-state index is -4.42. The van der Waals surface area contributed by atoms with Gasteiger partial charge < -0.3 is 4.74 Å². The largest absolute Gasteiger partial charge is 0.414 e. The Labute approximate surface area is 123 Å². The highest BCUT2D eigenvalue weighted by atomic mass is 32.2. The summed E-state index contributed by atoms with van der Waals surface area (Å²) in [7, 11) is -3.59. The summed E-state index contributed by atoms with van der Waals surface area (Å²) in [6.45, 7) is 4.56. The van der Waals surface area contributed by atoms with Crippen LogP contribution < -0.4 is 0 Å². The lowest BCUT2D eigenvalue weighted by molar-refractivity contribution is -0.213. The Balaban J connectivity index is 1.97. The standard InChI is InChI=1S/C13H20F3NO3S/c1-9-5-6-17(7-10(9)2)21(18,19)8-11-3-4-12(20-11)13(14,15)16/h11-12H,3-8H2,1-2H3. The predicted octanol–water partition coefficient (Wildman–Crippen LogP) is 2.47. The van der Waals surface area contributed by atoms with Gasteiger partial charge in [-0.3, -0.25) is 0 Å². The molecule has 2 unspecified atom stereocenters. The van der Waals surface area contributed by atoms with Gasteiger partial charge in [-0.15, -0.1) is 0 Å². The average Bonchev–Trinajstić information content (AvgIpc) is 2.80. The highest BCUT2D eigenvalue weighted by molar-refractivity contribution is 7.89. The van der Waals surface area contributed by atoms with Crippen LogP contribution in [0.3, 0.4) is 0 Å². The molecule has 8 heteroatoms. The monoisotopic (exact) mass is 327 g/mol. The summed E-state index contributed by atoms with van der Waals surface area (Å²) < 4.78 is 68.4. The Morgan fingerprint density at radius 3 is 2.43 bits per heavy atom. The van der Waals surface area contributed by atoms with E-state index in [0.29, 0.717) is 19.5 Å². The molecule has 2 rings (SSSR count). The first-order chi connectivity index (χ1) is 9.59. The van der Waals surface area contributed by atoms with Gasteiger partial charge in [0.05, 0.1) is 11.9 Å². The number of halogens is 3. The molecule has 0 amide bonds. The van der Waals surface area contributed by atoms with Gasteiger partial charge in [0, 0.05) is 13.1 Å². The van der Waals surface area contributed by atoms with Gasteiger partial charge in [0.25, 0.3) is 0 Å². The van der Waals surface area contributed by atoms with Gasteiger partial charge in [-0.1, -0.05) is 11.1 Å². The van der Waals surface area contributed by atoms with E-state index in [1.165, 1.54) is 9.88 Å². The molecule has 1 fully saturated rings. The van der Waals surface area contributed by atoms with Gasteiger partial charge in [-0.25, -0.2) is 8.42 Å². The van der Waals surface area contributed by atoms with Crippen molar-refractivity contribution in [2.45, 2.75) is 51.5 Å². The van der Waals surface area contributed by atoms with E-state index in [4.69, 9.17) is 4.74 Å². The second kappa shape index (κ2) is 5.89. The maximum absolute atomic E-state index is 12.5. The van der Waals surface area contributed by atoms with Gasteiger partial charge in [-0.05, 0) is 33.1 Å². The molecule has 0 aromatic rings. The van der Waals surface area contributed by atoms with E-state index in [9.17, 15) is 21.6 Å². The average molecular weight is 327 g/mol. The lowest BCUT2D eigenvalue weighted by Crippen LogP contribution is -2.41. The van der Waals surface area contributed by atoms with E-state index in [-0.39, 0.29) is 18.6 Å². The second-order valence-electron chi connectivity index (χ2n) is 5.79. The Kier molecular flexibility index (Phi) is 4.70. The Bertz CT molecular complexity index is 527. The molecule has 21 heavy (non-hydrogen) atoms. The number of alkyl halides is 3. The molecule has 0 N–H and O–H groups in total. The minimum absolute atomic E-state index is 0.130. The molecule has 0 saturated carbocycles. The maximum Gasteiger partial charge on any atom is 0.414 e. The summed E-state index contributed by atoms with van der Waals surface area (Å²) in [4.78, 5) is 0. The van der Waals surface area contributed by atoms with Crippen LogP contribution in [0.2, 0.25) is 0 Å². The predicted molar refractivity (Wildman–Crippen MR) is 72.3 cm³/mol. The van der Waals surface area contributed by atoms with Crippen molar-refractivity contribution in [3.05, 3.63) is 11.1 Å². The summed E-state index contributed by atoms with van der Waals surface area (Å²) in [5, 5.41) is 0.